The van der Waals surface area contributed by atoms with Gasteiger partial charge in [0.2, 0.25) is 5.91 Å². The Morgan fingerprint density at radius 2 is 1.95 bits per heavy atom. The fraction of sp³-hybridized carbons (Fsp3) is 0.333. The first kappa shape index (κ1) is 16.4. The van der Waals surface area contributed by atoms with E-state index >= 15 is 0 Å². The van der Waals surface area contributed by atoms with Crippen molar-refractivity contribution in [2.75, 3.05) is 6.54 Å². The van der Waals surface area contributed by atoms with Crippen LogP contribution < -0.4 is 5.32 Å². The number of carbonyl (C=O) groups excluding carboxylic acids is 1. The SMILES string of the molecule is CCC(C)(CNC(=O)/C=C/c1ccc(Br)cc1)C(=O)O. The molecule has 1 aromatic carbocycles. The van der Waals surface area contributed by atoms with Crippen LogP contribution in [0.25, 0.3) is 6.08 Å². The van der Waals surface area contributed by atoms with Gasteiger partial charge in [0.05, 0.1) is 5.41 Å². The monoisotopic (exact) mass is 339 g/mol. The predicted octanol–water partition coefficient (Wildman–Crippen LogP) is 3.08. The maximum Gasteiger partial charge on any atom is 0.311 e. The predicted molar refractivity (Wildman–Crippen MR) is 82.2 cm³/mol. The number of aliphatic carboxylic acids is 1. The quantitative estimate of drug-likeness (QED) is 0.782. The van der Waals surface area contributed by atoms with Crippen molar-refractivity contribution in [2.45, 2.75) is 20.3 Å². The van der Waals surface area contributed by atoms with Crippen LogP contribution in [0.1, 0.15) is 25.8 Å². The van der Waals surface area contributed by atoms with Crippen LogP contribution in [0.2, 0.25) is 0 Å². The summed E-state index contributed by atoms with van der Waals surface area (Å²) in [4.78, 5) is 22.8. The van der Waals surface area contributed by atoms with Crippen LogP contribution >= 0.6 is 15.9 Å². The molecule has 5 heteroatoms. The van der Waals surface area contributed by atoms with Gasteiger partial charge in [0, 0.05) is 17.1 Å². The minimum Gasteiger partial charge on any atom is -0.481 e. The molecule has 1 aromatic rings. The third kappa shape index (κ3) is 4.81. The van der Waals surface area contributed by atoms with Gasteiger partial charge in [-0.25, -0.2) is 0 Å². The Morgan fingerprint density at radius 3 is 2.45 bits per heavy atom. The molecular weight excluding hydrogens is 322 g/mol. The molecule has 0 fully saturated rings. The van der Waals surface area contributed by atoms with E-state index in [4.69, 9.17) is 5.11 Å². The Bertz CT molecular complexity index is 510. The van der Waals surface area contributed by atoms with Crippen LogP contribution in [-0.2, 0) is 9.59 Å². The lowest BCUT2D eigenvalue weighted by atomic mass is 9.88. The largest absolute Gasteiger partial charge is 0.481 e. The average Bonchev–Trinajstić information content (AvgIpc) is 2.43. The van der Waals surface area contributed by atoms with Crippen molar-refractivity contribution in [3.05, 3.63) is 40.4 Å². The molecule has 0 spiro atoms. The first-order valence-electron chi connectivity index (χ1n) is 6.32. The zero-order valence-electron chi connectivity index (χ0n) is 11.5. The van der Waals surface area contributed by atoms with Crippen LogP contribution in [0.5, 0.6) is 0 Å². The number of nitrogens with one attached hydrogen (secondary N) is 1. The first-order valence-corrected chi connectivity index (χ1v) is 7.11. The summed E-state index contributed by atoms with van der Waals surface area (Å²) >= 11 is 3.33. The number of amides is 1. The highest BCUT2D eigenvalue weighted by atomic mass is 79.9. The van der Waals surface area contributed by atoms with Gasteiger partial charge >= 0.3 is 5.97 Å². The number of carbonyl (C=O) groups is 2. The molecular formula is C15H18BrNO3. The highest BCUT2D eigenvalue weighted by molar-refractivity contribution is 9.10. The molecule has 20 heavy (non-hydrogen) atoms. The number of benzene rings is 1. The van der Waals surface area contributed by atoms with Gasteiger partial charge in [0.25, 0.3) is 0 Å². The van der Waals surface area contributed by atoms with E-state index in [1.165, 1.54) is 6.08 Å². The molecule has 0 aliphatic carbocycles. The molecule has 0 aliphatic heterocycles. The summed E-state index contributed by atoms with van der Waals surface area (Å²) in [7, 11) is 0. The topological polar surface area (TPSA) is 66.4 Å². The van der Waals surface area contributed by atoms with Crippen molar-refractivity contribution < 1.29 is 14.7 Å². The van der Waals surface area contributed by atoms with E-state index in [0.717, 1.165) is 10.0 Å². The number of carboxylic acids is 1. The van der Waals surface area contributed by atoms with Gasteiger partial charge in [-0.15, -0.1) is 0 Å². The van der Waals surface area contributed by atoms with Crippen LogP contribution in [-0.4, -0.2) is 23.5 Å². The molecule has 0 aromatic heterocycles. The second-order valence-electron chi connectivity index (χ2n) is 4.82. The smallest absolute Gasteiger partial charge is 0.311 e. The maximum absolute atomic E-state index is 11.7. The number of carboxylic acid groups (broad SMARTS) is 1. The van der Waals surface area contributed by atoms with E-state index in [2.05, 4.69) is 21.2 Å². The summed E-state index contributed by atoms with van der Waals surface area (Å²) in [5, 5.41) is 11.7. The summed E-state index contributed by atoms with van der Waals surface area (Å²) in [5.74, 6) is -1.20. The second-order valence-corrected chi connectivity index (χ2v) is 5.74. The molecule has 0 saturated carbocycles. The molecule has 0 radical (unpaired) electrons. The fourth-order valence-electron chi connectivity index (χ4n) is 1.44. The molecule has 0 aliphatic rings. The van der Waals surface area contributed by atoms with E-state index < -0.39 is 11.4 Å². The highest BCUT2D eigenvalue weighted by Gasteiger charge is 2.31. The zero-order valence-corrected chi connectivity index (χ0v) is 13.1. The number of hydrogen-bond acceptors (Lipinski definition) is 2. The van der Waals surface area contributed by atoms with E-state index in [1.807, 2.05) is 24.3 Å². The van der Waals surface area contributed by atoms with Crippen LogP contribution in [0.4, 0.5) is 0 Å². The van der Waals surface area contributed by atoms with Gasteiger partial charge in [-0.3, -0.25) is 9.59 Å². The van der Waals surface area contributed by atoms with Crippen LogP contribution in [0, 0.1) is 5.41 Å². The van der Waals surface area contributed by atoms with Gasteiger partial charge in [-0.2, -0.15) is 0 Å². The Labute approximate surface area is 127 Å². The molecule has 1 rings (SSSR count). The number of rotatable bonds is 6. The van der Waals surface area contributed by atoms with Crippen molar-refractivity contribution in [3.8, 4) is 0 Å². The summed E-state index contributed by atoms with van der Waals surface area (Å²) in [6, 6.07) is 7.52. The zero-order chi connectivity index (χ0) is 15.2. The summed E-state index contributed by atoms with van der Waals surface area (Å²) in [6.45, 7) is 3.52. The maximum atomic E-state index is 11.7. The van der Waals surface area contributed by atoms with E-state index in [-0.39, 0.29) is 12.5 Å². The lowest BCUT2D eigenvalue weighted by Crippen LogP contribution is -2.40. The van der Waals surface area contributed by atoms with Gasteiger partial charge in [-0.05, 0) is 37.1 Å². The van der Waals surface area contributed by atoms with Gasteiger partial charge < -0.3 is 10.4 Å². The van der Waals surface area contributed by atoms with E-state index in [0.29, 0.717) is 6.42 Å². The van der Waals surface area contributed by atoms with Gasteiger partial charge in [0.1, 0.15) is 0 Å². The van der Waals surface area contributed by atoms with Gasteiger partial charge in [0.15, 0.2) is 0 Å². The normalized spacial score (nSPS) is 13.9. The number of halogens is 1. The molecule has 2 N–H and O–H groups in total. The third-order valence-electron chi connectivity index (χ3n) is 3.25. The summed E-state index contributed by atoms with van der Waals surface area (Å²) in [5.41, 5.74) is -0.0268. The van der Waals surface area contributed by atoms with Crippen molar-refractivity contribution in [3.63, 3.8) is 0 Å². The lowest BCUT2D eigenvalue weighted by molar-refractivity contribution is -0.148. The van der Waals surface area contributed by atoms with Crippen molar-refractivity contribution >= 4 is 33.9 Å². The minimum absolute atomic E-state index is 0.113. The Hall–Kier alpha value is -1.62. The minimum atomic E-state index is -0.929. The van der Waals surface area contributed by atoms with Gasteiger partial charge in [-0.1, -0.05) is 35.0 Å². The average molecular weight is 340 g/mol. The van der Waals surface area contributed by atoms with Crippen LogP contribution in [0.15, 0.2) is 34.8 Å². The molecule has 1 unspecified atom stereocenters. The molecule has 0 saturated heterocycles. The van der Waals surface area contributed by atoms with E-state index in [1.54, 1.807) is 19.9 Å². The Balaban J connectivity index is 2.56. The second kappa shape index (κ2) is 7.24. The standard InChI is InChI=1S/C15H18BrNO3/c1-3-15(2,14(19)20)10-17-13(18)9-6-11-4-7-12(16)8-5-11/h4-9H,3,10H2,1-2H3,(H,17,18)(H,19,20)/b9-6+. The highest BCUT2D eigenvalue weighted by Crippen LogP contribution is 2.19. The van der Waals surface area contributed by atoms with Crippen LogP contribution in [0.3, 0.4) is 0 Å². The molecule has 1 amide bonds. The molecule has 0 bridgehead atoms. The lowest BCUT2D eigenvalue weighted by Gasteiger charge is -2.22. The Kier molecular flexibility index (Phi) is 5.95. The number of hydrogen-bond donors (Lipinski definition) is 2. The Morgan fingerprint density at radius 1 is 1.35 bits per heavy atom. The third-order valence-corrected chi connectivity index (χ3v) is 3.78. The molecule has 0 heterocycles. The van der Waals surface area contributed by atoms with Crippen molar-refractivity contribution in [1.29, 1.82) is 0 Å². The molecule has 108 valence electrons. The summed E-state index contributed by atoms with van der Waals surface area (Å²) in [6.07, 6.45) is 3.55. The first-order chi connectivity index (χ1) is 9.37. The van der Waals surface area contributed by atoms with Crippen molar-refractivity contribution in [1.82, 2.24) is 5.32 Å². The molecule has 1 atom stereocenters. The van der Waals surface area contributed by atoms with E-state index in [9.17, 15) is 9.59 Å². The van der Waals surface area contributed by atoms with Crippen molar-refractivity contribution in [2.24, 2.45) is 5.41 Å². The summed E-state index contributed by atoms with van der Waals surface area (Å²) < 4.78 is 0.972. The fourth-order valence-corrected chi connectivity index (χ4v) is 1.70. The molecule has 4 nitrogen and oxygen atoms in total.